The second-order valence-corrected chi connectivity index (χ2v) is 4.40. The van der Waals surface area contributed by atoms with E-state index in [-0.39, 0.29) is 11.4 Å². The van der Waals surface area contributed by atoms with Crippen LogP contribution in [-0.4, -0.2) is 30.4 Å². The van der Waals surface area contributed by atoms with Crippen LogP contribution < -0.4 is 0 Å². The lowest BCUT2D eigenvalue weighted by molar-refractivity contribution is 0.0297. The van der Waals surface area contributed by atoms with E-state index in [2.05, 4.69) is 0 Å². The summed E-state index contributed by atoms with van der Waals surface area (Å²) in [5, 5.41) is 0. The minimum atomic E-state index is -0.285. The van der Waals surface area contributed by atoms with Gasteiger partial charge in [-0.15, -0.1) is 11.8 Å². The van der Waals surface area contributed by atoms with Crippen LogP contribution in [0.15, 0.2) is 30.3 Å². The fraction of sp³-hybridized carbons (Fsp3) is 0.364. The van der Waals surface area contributed by atoms with E-state index in [1.807, 2.05) is 18.2 Å². The van der Waals surface area contributed by atoms with Gasteiger partial charge >= 0.3 is 5.97 Å². The molecule has 0 N–H and O–H groups in total. The molecule has 1 fully saturated rings. The Kier molecular flexibility index (Phi) is 3.64. The lowest BCUT2D eigenvalue weighted by Crippen LogP contribution is -2.15. The molecule has 0 aliphatic carbocycles. The SMILES string of the molecule is O=C(OC[C@@H]1OCCS1)c1ccccc1. The molecule has 1 aromatic carbocycles. The van der Waals surface area contributed by atoms with Gasteiger partial charge in [0, 0.05) is 5.75 Å². The van der Waals surface area contributed by atoms with Crippen molar-refractivity contribution in [1.29, 1.82) is 0 Å². The summed E-state index contributed by atoms with van der Waals surface area (Å²) >= 11 is 1.68. The number of thioether (sulfide) groups is 1. The lowest BCUT2D eigenvalue weighted by atomic mass is 10.2. The molecule has 1 aromatic rings. The molecule has 15 heavy (non-hydrogen) atoms. The molecule has 1 atom stereocenters. The highest BCUT2D eigenvalue weighted by Gasteiger charge is 2.18. The average Bonchev–Trinajstić information content (AvgIpc) is 2.80. The smallest absolute Gasteiger partial charge is 0.338 e. The van der Waals surface area contributed by atoms with E-state index in [1.54, 1.807) is 23.9 Å². The fourth-order valence-corrected chi connectivity index (χ4v) is 2.12. The van der Waals surface area contributed by atoms with E-state index in [4.69, 9.17) is 9.47 Å². The number of hydrogen-bond donors (Lipinski definition) is 0. The standard InChI is InChI=1S/C11H12O3S/c12-11(9-4-2-1-3-5-9)14-8-10-13-6-7-15-10/h1-5,10H,6-8H2/t10-/m1/s1. The predicted molar refractivity (Wildman–Crippen MR) is 58.9 cm³/mol. The Bertz CT molecular complexity index is 320. The van der Waals surface area contributed by atoms with Crippen LogP contribution in [0.1, 0.15) is 10.4 Å². The molecule has 0 radical (unpaired) electrons. The van der Waals surface area contributed by atoms with Crippen LogP contribution in [0.4, 0.5) is 0 Å². The van der Waals surface area contributed by atoms with E-state index in [9.17, 15) is 4.79 Å². The first kappa shape index (κ1) is 10.5. The Hall–Kier alpha value is -1.00. The van der Waals surface area contributed by atoms with E-state index in [0.717, 1.165) is 12.4 Å². The van der Waals surface area contributed by atoms with Gasteiger partial charge in [0.1, 0.15) is 12.0 Å². The van der Waals surface area contributed by atoms with Gasteiger partial charge in [0.15, 0.2) is 0 Å². The summed E-state index contributed by atoms with van der Waals surface area (Å²) in [6, 6.07) is 8.98. The molecular weight excluding hydrogens is 212 g/mol. The van der Waals surface area contributed by atoms with E-state index in [1.165, 1.54) is 0 Å². The number of hydrogen-bond acceptors (Lipinski definition) is 4. The van der Waals surface area contributed by atoms with Crippen LogP contribution in [0.3, 0.4) is 0 Å². The Balaban J connectivity index is 1.82. The van der Waals surface area contributed by atoms with Crippen molar-refractivity contribution in [2.24, 2.45) is 0 Å². The number of benzene rings is 1. The van der Waals surface area contributed by atoms with Crippen molar-refractivity contribution in [2.75, 3.05) is 19.0 Å². The third kappa shape index (κ3) is 2.97. The summed E-state index contributed by atoms with van der Waals surface area (Å²) in [6.45, 7) is 1.08. The molecule has 4 heteroatoms. The van der Waals surface area contributed by atoms with Gasteiger partial charge in [-0.2, -0.15) is 0 Å². The van der Waals surface area contributed by atoms with Crippen LogP contribution in [-0.2, 0) is 9.47 Å². The molecule has 1 aliphatic heterocycles. The van der Waals surface area contributed by atoms with Crippen LogP contribution in [0.5, 0.6) is 0 Å². The molecule has 0 bridgehead atoms. The zero-order chi connectivity index (χ0) is 10.5. The largest absolute Gasteiger partial charge is 0.458 e. The van der Waals surface area contributed by atoms with Gasteiger partial charge < -0.3 is 9.47 Å². The summed E-state index contributed by atoms with van der Waals surface area (Å²) < 4.78 is 10.5. The highest BCUT2D eigenvalue weighted by Crippen LogP contribution is 2.19. The van der Waals surface area contributed by atoms with Gasteiger partial charge in [0.05, 0.1) is 12.2 Å². The van der Waals surface area contributed by atoms with Crippen LogP contribution in [0.2, 0.25) is 0 Å². The maximum Gasteiger partial charge on any atom is 0.338 e. The van der Waals surface area contributed by atoms with E-state index in [0.29, 0.717) is 12.2 Å². The maximum absolute atomic E-state index is 11.5. The van der Waals surface area contributed by atoms with E-state index >= 15 is 0 Å². The number of ether oxygens (including phenoxy) is 2. The number of esters is 1. The minimum absolute atomic E-state index is 0.0117. The van der Waals surface area contributed by atoms with Gasteiger partial charge in [0.2, 0.25) is 0 Å². The second kappa shape index (κ2) is 5.19. The summed E-state index contributed by atoms with van der Waals surface area (Å²) in [4.78, 5) is 11.5. The molecule has 3 nitrogen and oxygen atoms in total. The summed E-state index contributed by atoms with van der Waals surface area (Å²) in [6.07, 6.45) is 0. The third-order valence-corrected chi connectivity index (χ3v) is 3.10. The zero-order valence-corrected chi connectivity index (χ0v) is 9.03. The average molecular weight is 224 g/mol. The molecule has 0 saturated carbocycles. The topological polar surface area (TPSA) is 35.5 Å². The normalized spacial score (nSPS) is 20.1. The monoisotopic (exact) mass is 224 g/mol. The van der Waals surface area contributed by atoms with Crippen molar-refractivity contribution < 1.29 is 14.3 Å². The van der Waals surface area contributed by atoms with Crippen molar-refractivity contribution in [3.05, 3.63) is 35.9 Å². The Morgan fingerprint density at radius 3 is 2.93 bits per heavy atom. The van der Waals surface area contributed by atoms with Crippen LogP contribution in [0, 0.1) is 0 Å². The highest BCUT2D eigenvalue weighted by molar-refractivity contribution is 8.00. The van der Waals surface area contributed by atoms with Gasteiger partial charge in [0.25, 0.3) is 0 Å². The Morgan fingerprint density at radius 2 is 2.27 bits per heavy atom. The first-order chi connectivity index (χ1) is 7.36. The maximum atomic E-state index is 11.5. The van der Waals surface area contributed by atoms with Gasteiger partial charge in [-0.05, 0) is 12.1 Å². The van der Waals surface area contributed by atoms with Gasteiger partial charge in [-0.25, -0.2) is 4.79 Å². The van der Waals surface area contributed by atoms with Crippen molar-refractivity contribution in [3.63, 3.8) is 0 Å². The number of carbonyl (C=O) groups excluding carboxylic acids is 1. The Labute approximate surface area is 92.8 Å². The second-order valence-electron chi connectivity index (χ2n) is 3.14. The van der Waals surface area contributed by atoms with Crippen molar-refractivity contribution in [1.82, 2.24) is 0 Å². The van der Waals surface area contributed by atoms with Crippen molar-refractivity contribution in [3.8, 4) is 0 Å². The molecule has 0 aromatic heterocycles. The first-order valence-electron chi connectivity index (χ1n) is 4.81. The molecule has 80 valence electrons. The van der Waals surface area contributed by atoms with E-state index < -0.39 is 0 Å². The Morgan fingerprint density at radius 1 is 1.47 bits per heavy atom. The summed E-state index contributed by atoms with van der Waals surface area (Å²) in [5.74, 6) is 0.694. The number of rotatable bonds is 3. The molecule has 0 spiro atoms. The molecule has 0 amide bonds. The van der Waals surface area contributed by atoms with Crippen LogP contribution in [0.25, 0.3) is 0 Å². The van der Waals surface area contributed by atoms with Gasteiger partial charge in [-0.3, -0.25) is 0 Å². The lowest BCUT2D eigenvalue weighted by Gasteiger charge is -2.09. The molecular formula is C11H12O3S. The number of carbonyl (C=O) groups is 1. The minimum Gasteiger partial charge on any atom is -0.458 e. The summed E-state index contributed by atoms with van der Waals surface area (Å²) in [5.41, 5.74) is 0.596. The van der Waals surface area contributed by atoms with Crippen LogP contribution >= 0.6 is 11.8 Å². The zero-order valence-electron chi connectivity index (χ0n) is 8.22. The predicted octanol–water partition coefficient (Wildman–Crippen LogP) is 1.93. The fourth-order valence-electron chi connectivity index (χ4n) is 1.30. The molecule has 1 aliphatic rings. The molecule has 2 rings (SSSR count). The molecule has 1 heterocycles. The highest BCUT2D eigenvalue weighted by atomic mass is 32.2. The third-order valence-electron chi connectivity index (χ3n) is 2.05. The molecule has 0 unspecified atom stereocenters. The first-order valence-corrected chi connectivity index (χ1v) is 5.86. The molecule has 1 saturated heterocycles. The van der Waals surface area contributed by atoms with Crippen molar-refractivity contribution >= 4 is 17.7 Å². The van der Waals surface area contributed by atoms with Gasteiger partial charge in [-0.1, -0.05) is 18.2 Å². The quantitative estimate of drug-likeness (QED) is 0.735. The van der Waals surface area contributed by atoms with Crippen molar-refractivity contribution in [2.45, 2.75) is 5.44 Å². The summed E-state index contributed by atoms with van der Waals surface area (Å²) in [7, 11) is 0.